The Kier molecular flexibility index (Phi) is 8.83. The van der Waals surface area contributed by atoms with Crippen LogP contribution >= 0.6 is 24.0 Å². The molecule has 0 radical (unpaired) electrons. The quantitative estimate of drug-likeness (QED) is 0.576. The summed E-state index contributed by atoms with van der Waals surface area (Å²) in [5, 5.41) is 5.04. The van der Waals surface area contributed by atoms with Gasteiger partial charge in [0.1, 0.15) is 9.84 Å². The van der Waals surface area contributed by atoms with Crippen molar-refractivity contribution in [3.8, 4) is 0 Å². The number of halogens is 3. The Morgan fingerprint density at radius 1 is 1.18 bits per heavy atom. The first kappa shape index (κ1) is 26.4. The Bertz CT molecular complexity index is 1000. The number of ether oxygens (including phenoxy) is 1. The van der Waals surface area contributed by atoms with Crippen LogP contribution in [0.2, 0.25) is 5.02 Å². The fourth-order valence-electron chi connectivity index (χ4n) is 5.10. The summed E-state index contributed by atoms with van der Waals surface area (Å²) in [5.74, 6) is 0.00572. The first-order valence-corrected chi connectivity index (χ1v) is 13.6. The van der Waals surface area contributed by atoms with E-state index in [9.17, 15) is 12.8 Å². The van der Waals surface area contributed by atoms with Crippen LogP contribution in [0.15, 0.2) is 30.3 Å². The predicted molar refractivity (Wildman–Crippen MR) is 131 cm³/mol. The van der Waals surface area contributed by atoms with E-state index in [2.05, 4.69) is 10.00 Å². The van der Waals surface area contributed by atoms with E-state index < -0.39 is 9.84 Å². The van der Waals surface area contributed by atoms with E-state index in [1.807, 2.05) is 24.3 Å². The molecular weight excluding hydrogens is 488 g/mol. The van der Waals surface area contributed by atoms with E-state index >= 15 is 0 Å². The lowest BCUT2D eigenvalue weighted by atomic mass is 9.82. The molecule has 1 saturated carbocycles. The summed E-state index contributed by atoms with van der Waals surface area (Å²) in [6.45, 7) is 1.12. The summed E-state index contributed by atoms with van der Waals surface area (Å²) < 4.78 is 44.8. The number of hydrogen-bond acceptors (Lipinski definition) is 5. The highest BCUT2D eigenvalue weighted by Gasteiger charge is 2.37. The van der Waals surface area contributed by atoms with Crippen molar-refractivity contribution in [3.05, 3.63) is 52.6 Å². The Balaban J connectivity index is 0.00000306. The van der Waals surface area contributed by atoms with Gasteiger partial charge in [-0.1, -0.05) is 23.7 Å². The van der Waals surface area contributed by atoms with Crippen molar-refractivity contribution < 1.29 is 17.5 Å². The third kappa shape index (κ3) is 6.92. The zero-order valence-electron chi connectivity index (χ0n) is 19.0. The van der Waals surface area contributed by atoms with Gasteiger partial charge in [0.25, 0.3) is 0 Å². The molecule has 1 aromatic carbocycles. The van der Waals surface area contributed by atoms with Crippen LogP contribution in [-0.2, 0) is 28.0 Å². The lowest BCUT2D eigenvalue weighted by Crippen LogP contribution is -2.56. The number of aromatic nitrogens is 2. The summed E-state index contributed by atoms with van der Waals surface area (Å²) >= 11 is 6.04. The van der Waals surface area contributed by atoms with Gasteiger partial charge in [-0.05, 0) is 49.8 Å². The molecule has 2 aliphatic rings. The maximum Gasteiger partial charge on any atom is 0.211 e. The van der Waals surface area contributed by atoms with Crippen LogP contribution in [0, 0.1) is 5.95 Å². The molecule has 10 heteroatoms. The number of nitrogens with zero attached hydrogens (tertiary/aromatic N) is 3. The second kappa shape index (κ2) is 11.0. The first-order valence-electron chi connectivity index (χ1n) is 11.2. The lowest BCUT2D eigenvalue weighted by Gasteiger charge is -2.46. The van der Waals surface area contributed by atoms with Crippen LogP contribution < -0.4 is 0 Å². The third-order valence-corrected chi connectivity index (χ3v) is 7.94. The molecule has 0 spiro atoms. The highest BCUT2D eigenvalue weighted by atomic mass is 35.5. The highest BCUT2D eigenvalue weighted by molar-refractivity contribution is 7.90. The van der Waals surface area contributed by atoms with Crippen molar-refractivity contribution in [1.29, 1.82) is 0 Å². The number of rotatable bonds is 6. The normalized spacial score (nSPS) is 26.7. The van der Waals surface area contributed by atoms with Gasteiger partial charge >= 0.3 is 0 Å². The van der Waals surface area contributed by atoms with Gasteiger partial charge in [-0.2, -0.15) is 9.49 Å². The summed E-state index contributed by atoms with van der Waals surface area (Å²) in [6, 6.07) is 9.95. The van der Waals surface area contributed by atoms with Crippen molar-refractivity contribution in [2.45, 2.75) is 56.2 Å². The molecule has 1 aliphatic heterocycles. The zero-order valence-corrected chi connectivity index (χ0v) is 21.4. The molecule has 0 amide bonds. The molecule has 1 aromatic heterocycles. The fraction of sp³-hybridized carbons (Fsp3) is 0.609. The number of benzene rings is 1. The smallest absolute Gasteiger partial charge is 0.211 e. The minimum atomic E-state index is -3.12. The molecule has 2 fully saturated rings. The zero-order chi connectivity index (χ0) is 22.9. The lowest BCUT2D eigenvalue weighted by molar-refractivity contribution is -0.0755. The maximum absolute atomic E-state index is 13.7. The standard InChI is InChI=1S/C23H31ClFN3O3S.ClH/c1-27-23(25)12-22(26-27)17-5-9-19(10-6-17)28-13-21(15-32(2,29)30)31-14-20(28)11-16-3-7-18(24)8-4-16;/h3-4,7-8,12,17,19-21H,5-6,9-11,13-15H2,1-2H3;1H/t17?,19?,20-,21+;/m0./s1. The molecule has 2 aromatic rings. The number of sulfone groups is 1. The molecule has 2 heterocycles. The van der Waals surface area contributed by atoms with Gasteiger partial charge in [0.05, 0.1) is 24.2 Å². The molecule has 0 unspecified atom stereocenters. The van der Waals surface area contributed by atoms with Crippen molar-refractivity contribution >= 4 is 33.8 Å². The SMILES string of the molecule is Cl.Cn1nc(C2CCC(N3C[C@H](CS(C)(=O)=O)OC[C@@H]3Cc3ccc(Cl)cc3)CC2)cc1F. The average Bonchev–Trinajstić information content (AvgIpc) is 3.08. The Morgan fingerprint density at radius 2 is 1.85 bits per heavy atom. The summed E-state index contributed by atoms with van der Waals surface area (Å²) in [6.07, 6.45) is 5.63. The second-order valence-corrected chi connectivity index (χ2v) is 11.9. The van der Waals surface area contributed by atoms with Crippen molar-refractivity contribution in [2.75, 3.05) is 25.2 Å². The predicted octanol–water partition coefficient (Wildman–Crippen LogP) is 4.02. The maximum atomic E-state index is 13.7. The van der Waals surface area contributed by atoms with Crippen molar-refractivity contribution in [1.82, 2.24) is 14.7 Å². The fourth-order valence-corrected chi connectivity index (χ4v) is 6.11. The van der Waals surface area contributed by atoms with E-state index in [4.69, 9.17) is 16.3 Å². The van der Waals surface area contributed by atoms with Gasteiger partial charge in [-0.3, -0.25) is 4.90 Å². The van der Waals surface area contributed by atoms with E-state index in [1.54, 1.807) is 13.1 Å². The van der Waals surface area contributed by atoms with Gasteiger partial charge in [-0.25, -0.2) is 13.1 Å². The van der Waals surface area contributed by atoms with Crippen molar-refractivity contribution in [2.24, 2.45) is 7.05 Å². The Hall–Kier alpha value is -1.19. The molecule has 4 rings (SSSR count). The van der Waals surface area contributed by atoms with E-state index in [0.29, 0.717) is 24.2 Å². The van der Waals surface area contributed by atoms with Crippen LogP contribution in [0.25, 0.3) is 0 Å². The van der Waals surface area contributed by atoms with Crippen LogP contribution in [0.4, 0.5) is 4.39 Å². The minimum Gasteiger partial charge on any atom is -0.374 e. The molecule has 0 bridgehead atoms. The molecule has 1 saturated heterocycles. The molecule has 2 atom stereocenters. The molecule has 0 N–H and O–H groups in total. The molecular formula is C23H32Cl2FN3O3S. The van der Waals surface area contributed by atoms with Gasteiger partial charge in [0, 0.05) is 48.9 Å². The largest absolute Gasteiger partial charge is 0.374 e. The van der Waals surface area contributed by atoms with Gasteiger partial charge in [-0.15, -0.1) is 12.4 Å². The van der Waals surface area contributed by atoms with E-state index in [0.717, 1.165) is 37.8 Å². The van der Waals surface area contributed by atoms with Crippen molar-refractivity contribution in [3.63, 3.8) is 0 Å². The second-order valence-electron chi connectivity index (χ2n) is 9.25. The molecule has 33 heavy (non-hydrogen) atoms. The molecule has 184 valence electrons. The van der Waals surface area contributed by atoms with E-state index in [-0.39, 0.29) is 42.2 Å². The number of morpholine rings is 1. The van der Waals surface area contributed by atoms with Gasteiger partial charge in [0.2, 0.25) is 5.95 Å². The third-order valence-electron chi connectivity index (χ3n) is 6.71. The summed E-state index contributed by atoms with van der Waals surface area (Å²) in [5.41, 5.74) is 2.02. The first-order chi connectivity index (χ1) is 15.2. The minimum absolute atomic E-state index is 0. The van der Waals surface area contributed by atoms with Gasteiger partial charge in [0.15, 0.2) is 0 Å². The van der Waals surface area contributed by atoms with Crippen LogP contribution in [0.5, 0.6) is 0 Å². The highest BCUT2D eigenvalue weighted by Crippen LogP contribution is 2.36. The Morgan fingerprint density at radius 3 is 2.42 bits per heavy atom. The van der Waals surface area contributed by atoms with Crippen LogP contribution in [-0.4, -0.2) is 66.4 Å². The van der Waals surface area contributed by atoms with Crippen LogP contribution in [0.3, 0.4) is 0 Å². The van der Waals surface area contributed by atoms with Crippen LogP contribution in [0.1, 0.15) is 42.9 Å². The molecule has 1 aliphatic carbocycles. The molecule has 6 nitrogen and oxygen atoms in total. The summed E-state index contributed by atoms with van der Waals surface area (Å²) in [7, 11) is -1.49. The van der Waals surface area contributed by atoms with E-state index in [1.165, 1.54) is 16.5 Å². The average molecular weight is 520 g/mol. The monoisotopic (exact) mass is 519 g/mol. The Labute approximate surface area is 206 Å². The number of hydrogen-bond donors (Lipinski definition) is 0. The van der Waals surface area contributed by atoms with Gasteiger partial charge < -0.3 is 4.74 Å². The topological polar surface area (TPSA) is 64.4 Å². The number of aryl methyl sites for hydroxylation is 1. The summed E-state index contributed by atoms with van der Waals surface area (Å²) in [4.78, 5) is 2.46.